The van der Waals surface area contributed by atoms with Crippen LogP contribution in [-0.4, -0.2) is 53.0 Å². The first-order valence-electron chi connectivity index (χ1n) is 11.7. The molecule has 35 heavy (non-hydrogen) atoms. The van der Waals surface area contributed by atoms with Gasteiger partial charge in [0.15, 0.2) is 17.3 Å². The summed E-state index contributed by atoms with van der Waals surface area (Å²) in [5.41, 5.74) is 3.42. The molecule has 1 aliphatic rings. The summed E-state index contributed by atoms with van der Waals surface area (Å²) in [5, 5.41) is 14.6. The van der Waals surface area contributed by atoms with Gasteiger partial charge in [0.05, 0.1) is 5.69 Å². The Labute approximate surface area is 204 Å². The van der Waals surface area contributed by atoms with Gasteiger partial charge in [-0.15, -0.1) is 10.2 Å². The van der Waals surface area contributed by atoms with Crippen LogP contribution in [0.2, 0.25) is 0 Å². The molecule has 2 heterocycles. The molecule has 3 aromatic rings. The Balaban J connectivity index is 1.41. The van der Waals surface area contributed by atoms with Gasteiger partial charge in [-0.05, 0) is 42.0 Å². The Morgan fingerprint density at radius 2 is 1.74 bits per heavy atom. The molecule has 0 atom stereocenters. The van der Waals surface area contributed by atoms with Crippen molar-refractivity contribution in [2.45, 2.75) is 26.8 Å². The predicted molar refractivity (Wildman–Crippen MR) is 135 cm³/mol. The second-order valence-electron chi connectivity index (χ2n) is 8.42. The zero-order valence-electron chi connectivity index (χ0n) is 19.9. The number of carbonyl (C=O) groups is 2. The lowest BCUT2D eigenvalue weighted by Crippen LogP contribution is -2.48. The average Bonchev–Trinajstić information content (AvgIpc) is 2.87. The SMILES string of the molecule is CCC(=O)N1CCN(c2ccc(Nc3cc(NCc4cccc(F)c4)c(C(C)=O)nn3)cc2)CC1. The molecular formula is C26H29FN6O2. The smallest absolute Gasteiger partial charge is 0.222 e. The van der Waals surface area contributed by atoms with Gasteiger partial charge in [0.2, 0.25) is 5.91 Å². The summed E-state index contributed by atoms with van der Waals surface area (Å²) in [6.07, 6.45) is 0.540. The van der Waals surface area contributed by atoms with E-state index in [0.29, 0.717) is 24.5 Å². The van der Waals surface area contributed by atoms with Gasteiger partial charge in [-0.25, -0.2) is 4.39 Å². The van der Waals surface area contributed by atoms with Crippen molar-refractivity contribution in [2.24, 2.45) is 0 Å². The number of rotatable bonds is 8. The maximum absolute atomic E-state index is 13.5. The lowest BCUT2D eigenvalue weighted by atomic mass is 10.2. The fourth-order valence-corrected chi connectivity index (χ4v) is 4.03. The number of benzene rings is 2. The molecule has 0 aliphatic carbocycles. The maximum Gasteiger partial charge on any atom is 0.222 e. The molecule has 0 saturated carbocycles. The Hall–Kier alpha value is -4.01. The Morgan fingerprint density at radius 3 is 2.40 bits per heavy atom. The molecule has 1 fully saturated rings. The second kappa shape index (κ2) is 10.9. The van der Waals surface area contributed by atoms with Gasteiger partial charge in [-0.3, -0.25) is 9.59 Å². The van der Waals surface area contributed by atoms with E-state index in [1.807, 2.05) is 36.1 Å². The van der Waals surface area contributed by atoms with Crippen molar-refractivity contribution in [1.29, 1.82) is 0 Å². The highest BCUT2D eigenvalue weighted by molar-refractivity contribution is 5.97. The molecule has 1 saturated heterocycles. The molecule has 2 N–H and O–H groups in total. The quantitative estimate of drug-likeness (QED) is 0.470. The summed E-state index contributed by atoms with van der Waals surface area (Å²) >= 11 is 0. The lowest BCUT2D eigenvalue weighted by Gasteiger charge is -2.36. The van der Waals surface area contributed by atoms with Gasteiger partial charge in [-0.1, -0.05) is 19.1 Å². The minimum absolute atomic E-state index is 0.200. The highest BCUT2D eigenvalue weighted by Crippen LogP contribution is 2.24. The van der Waals surface area contributed by atoms with Crippen LogP contribution in [0, 0.1) is 5.82 Å². The zero-order chi connectivity index (χ0) is 24.8. The number of nitrogens with zero attached hydrogens (tertiary/aromatic N) is 4. The standard InChI is InChI=1S/C26H29FN6O2/c1-3-25(35)33-13-11-32(12-14-33)22-9-7-21(8-10-22)29-24-16-23(26(18(2)34)31-30-24)28-17-19-5-4-6-20(27)15-19/h4-10,15-16H,3,11-14,17H2,1-2H3,(H2,28,29,30). The number of carbonyl (C=O) groups excluding carboxylic acids is 2. The predicted octanol–water partition coefficient (Wildman–Crippen LogP) is 4.23. The number of halogens is 1. The lowest BCUT2D eigenvalue weighted by molar-refractivity contribution is -0.131. The summed E-state index contributed by atoms with van der Waals surface area (Å²) in [7, 11) is 0. The van der Waals surface area contributed by atoms with Crippen LogP contribution >= 0.6 is 0 Å². The van der Waals surface area contributed by atoms with E-state index in [-0.39, 0.29) is 23.2 Å². The number of hydrogen-bond acceptors (Lipinski definition) is 7. The normalized spacial score (nSPS) is 13.5. The summed E-state index contributed by atoms with van der Waals surface area (Å²) < 4.78 is 13.5. The van der Waals surface area contributed by atoms with Crippen LogP contribution in [0.25, 0.3) is 0 Å². The fraction of sp³-hybridized carbons (Fsp3) is 0.308. The van der Waals surface area contributed by atoms with Crippen LogP contribution in [-0.2, 0) is 11.3 Å². The Morgan fingerprint density at radius 1 is 1.00 bits per heavy atom. The van der Waals surface area contributed by atoms with E-state index in [1.165, 1.54) is 19.1 Å². The number of piperazine rings is 1. The molecule has 1 aromatic heterocycles. The summed E-state index contributed by atoms with van der Waals surface area (Å²) in [6.45, 7) is 6.73. The minimum Gasteiger partial charge on any atom is -0.379 e. The van der Waals surface area contributed by atoms with Gasteiger partial charge >= 0.3 is 0 Å². The number of hydrogen-bond donors (Lipinski definition) is 2. The van der Waals surface area contributed by atoms with Gasteiger partial charge < -0.3 is 20.4 Å². The van der Waals surface area contributed by atoms with E-state index < -0.39 is 0 Å². The number of anilines is 4. The molecule has 0 radical (unpaired) electrons. The fourth-order valence-electron chi connectivity index (χ4n) is 4.03. The van der Waals surface area contributed by atoms with Crippen LogP contribution in [0.4, 0.5) is 27.3 Å². The van der Waals surface area contributed by atoms with Gasteiger partial charge in [0.1, 0.15) is 5.82 Å². The van der Waals surface area contributed by atoms with Crippen molar-refractivity contribution in [1.82, 2.24) is 15.1 Å². The monoisotopic (exact) mass is 476 g/mol. The van der Waals surface area contributed by atoms with Crippen LogP contribution < -0.4 is 15.5 Å². The molecule has 1 amide bonds. The first kappa shape index (κ1) is 24.1. The number of aromatic nitrogens is 2. The van der Waals surface area contributed by atoms with Crippen molar-refractivity contribution < 1.29 is 14.0 Å². The van der Waals surface area contributed by atoms with Crippen LogP contribution in [0.15, 0.2) is 54.6 Å². The molecule has 8 nitrogen and oxygen atoms in total. The summed E-state index contributed by atoms with van der Waals surface area (Å²) in [6, 6.07) is 16.0. The Kier molecular flexibility index (Phi) is 7.54. The minimum atomic E-state index is -0.314. The summed E-state index contributed by atoms with van der Waals surface area (Å²) in [5.74, 6) is 0.157. The summed E-state index contributed by atoms with van der Waals surface area (Å²) in [4.78, 5) is 28.1. The van der Waals surface area contributed by atoms with E-state index in [1.54, 1.807) is 18.2 Å². The number of Topliss-reactive ketones (excluding diaryl/α,β-unsaturated/α-hetero) is 1. The zero-order valence-corrected chi connectivity index (χ0v) is 19.9. The van der Waals surface area contributed by atoms with Gasteiger partial charge in [-0.2, -0.15) is 0 Å². The average molecular weight is 477 g/mol. The van der Waals surface area contributed by atoms with E-state index in [9.17, 15) is 14.0 Å². The molecule has 9 heteroatoms. The first-order chi connectivity index (χ1) is 16.9. The number of amides is 1. The molecule has 4 rings (SSSR count). The van der Waals surface area contributed by atoms with Gasteiger partial charge in [0.25, 0.3) is 0 Å². The third kappa shape index (κ3) is 6.11. The number of ketones is 1. The topological polar surface area (TPSA) is 90.5 Å². The third-order valence-electron chi connectivity index (χ3n) is 5.94. The molecule has 0 bridgehead atoms. The van der Waals surface area contributed by atoms with Crippen LogP contribution in [0.5, 0.6) is 0 Å². The molecule has 1 aliphatic heterocycles. The van der Waals surface area contributed by atoms with Crippen molar-refractivity contribution in [2.75, 3.05) is 41.7 Å². The molecule has 2 aromatic carbocycles. The van der Waals surface area contributed by atoms with Crippen LogP contribution in [0.3, 0.4) is 0 Å². The van der Waals surface area contributed by atoms with Crippen molar-refractivity contribution in [3.05, 3.63) is 71.7 Å². The van der Waals surface area contributed by atoms with E-state index in [4.69, 9.17) is 0 Å². The highest BCUT2D eigenvalue weighted by atomic mass is 19.1. The van der Waals surface area contributed by atoms with Crippen molar-refractivity contribution >= 4 is 34.6 Å². The second-order valence-corrected chi connectivity index (χ2v) is 8.42. The Bertz CT molecular complexity index is 1190. The van der Waals surface area contributed by atoms with E-state index in [0.717, 1.165) is 43.1 Å². The largest absolute Gasteiger partial charge is 0.379 e. The number of nitrogens with one attached hydrogen (secondary N) is 2. The molecular weight excluding hydrogens is 447 g/mol. The van der Waals surface area contributed by atoms with E-state index >= 15 is 0 Å². The van der Waals surface area contributed by atoms with Crippen molar-refractivity contribution in [3.8, 4) is 0 Å². The highest BCUT2D eigenvalue weighted by Gasteiger charge is 2.20. The van der Waals surface area contributed by atoms with Crippen molar-refractivity contribution in [3.63, 3.8) is 0 Å². The molecule has 182 valence electrons. The maximum atomic E-state index is 13.5. The molecule has 0 unspecified atom stereocenters. The van der Waals surface area contributed by atoms with E-state index in [2.05, 4.69) is 25.7 Å². The first-order valence-corrected chi connectivity index (χ1v) is 11.7. The third-order valence-corrected chi connectivity index (χ3v) is 5.94. The van der Waals surface area contributed by atoms with Gasteiger partial charge in [0, 0.05) is 63.5 Å². The van der Waals surface area contributed by atoms with Crippen LogP contribution in [0.1, 0.15) is 36.3 Å². The molecule has 0 spiro atoms.